The van der Waals surface area contributed by atoms with E-state index < -0.39 is 0 Å². The number of fused-ring (bicyclic) bond motifs is 1. The number of ether oxygens (including phenoxy) is 2. The van der Waals surface area contributed by atoms with E-state index in [-0.39, 0.29) is 24.2 Å². The minimum atomic E-state index is -0.147. The molecule has 5 heterocycles. The van der Waals surface area contributed by atoms with Crippen LogP contribution in [0.25, 0.3) is 22.3 Å². The van der Waals surface area contributed by atoms with Gasteiger partial charge in [-0.3, -0.25) is 9.78 Å². The van der Waals surface area contributed by atoms with Crippen LogP contribution in [0.5, 0.6) is 0 Å². The van der Waals surface area contributed by atoms with Crippen molar-refractivity contribution in [2.75, 3.05) is 37.7 Å². The number of nitrogens with zero attached hydrogens (tertiary/aromatic N) is 4. The second-order valence-electron chi connectivity index (χ2n) is 10.9. The standard InChI is InChI=1S/C32H36N6O3/c1-20-7-8-23(13-26(20)30-17-33-11-12-40-30)32(39)35-16-25-14-29-24(15-34-25)9-10-28(36-29)27-5-4-6-31(37-27)38-18-21(2)41-22(3)19-38/h4-10,13-15,21-22,30,33H,11-12,16-19H2,1-3H3,(H,35,39)/t21-,22+,30-/m1/s1. The molecule has 3 atom stereocenters. The van der Waals surface area contributed by atoms with Crippen LogP contribution in [0.2, 0.25) is 0 Å². The average Bonchev–Trinajstić information content (AvgIpc) is 2.99. The Kier molecular flexibility index (Phi) is 7.91. The van der Waals surface area contributed by atoms with Gasteiger partial charge in [0, 0.05) is 43.3 Å². The molecule has 6 rings (SSSR count). The van der Waals surface area contributed by atoms with Crippen LogP contribution in [0.15, 0.2) is 60.8 Å². The Morgan fingerprint density at radius 3 is 2.68 bits per heavy atom. The number of hydrogen-bond acceptors (Lipinski definition) is 8. The van der Waals surface area contributed by atoms with Gasteiger partial charge in [-0.15, -0.1) is 0 Å². The van der Waals surface area contributed by atoms with E-state index in [1.165, 1.54) is 0 Å². The zero-order chi connectivity index (χ0) is 28.3. The molecule has 4 aromatic rings. The third kappa shape index (κ3) is 6.22. The fraction of sp³-hybridized carbons (Fsp3) is 0.375. The number of amides is 1. The van der Waals surface area contributed by atoms with Crippen molar-refractivity contribution in [2.45, 2.75) is 45.6 Å². The maximum absolute atomic E-state index is 13.0. The second-order valence-corrected chi connectivity index (χ2v) is 10.9. The maximum atomic E-state index is 13.0. The zero-order valence-corrected chi connectivity index (χ0v) is 23.8. The third-order valence-electron chi connectivity index (χ3n) is 7.62. The number of carbonyl (C=O) groups excluding carboxylic acids is 1. The molecule has 0 saturated carbocycles. The molecule has 0 spiro atoms. The summed E-state index contributed by atoms with van der Waals surface area (Å²) in [6.45, 7) is 10.4. The van der Waals surface area contributed by atoms with Crippen molar-refractivity contribution in [3.05, 3.63) is 83.2 Å². The monoisotopic (exact) mass is 552 g/mol. The quantitative estimate of drug-likeness (QED) is 0.367. The fourth-order valence-corrected chi connectivity index (χ4v) is 5.57. The van der Waals surface area contributed by atoms with E-state index in [0.29, 0.717) is 18.7 Å². The van der Waals surface area contributed by atoms with E-state index in [1.807, 2.05) is 61.5 Å². The summed E-state index contributed by atoms with van der Waals surface area (Å²) in [6.07, 6.45) is 2.07. The summed E-state index contributed by atoms with van der Waals surface area (Å²) in [4.78, 5) is 29.7. The highest BCUT2D eigenvalue weighted by molar-refractivity contribution is 5.94. The van der Waals surface area contributed by atoms with E-state index in [4.69, 9.17) is 19.4 Å². The molecule has 212 valence electrons. The number of morpholine rings is 2. The Labute approximate surface area is 240 Å². The lowest BCUT2D eigenvalue weighted by molar-refractivity contribution is -0.00545. The van der Waals surface area contributed by atoms with Crippen LogP contribution in [0.4, 0.5) is 5.82 Å². The summed E-state index contributed by atoms with van der Waals surface area (Å²) < 4.78 is 11.8. The first-order valence-electron chi connectivity index (χ1n) is 14.3. The Hall–Kier alpha value is -3.92. The van der Waals surface area contributed by atoms with Gasteiger partial charge in [-0.25, -0.2) is 9.97 Å². The first-order valence-corrected chi connectivity index (χ1v) is 14.3. The number of rotatable bonds is 6. The Morgan fingerprint density at radius 2 is 1.88 bits per heavy atom. The molecular formula is C32H36N6O3. The maximum Gasteiger partial charge on any atom is 0.251 e. The molecule has 0 aliphatic carbocycles. The topological polar surface area (TPSA) is 102 Å². The van der Waals surface area contributed by atoms with Crippen LogP contribution >= 0.6 is 0 Å². The lowest BCUT2D eigenvalue weighted by Crippen LogP contribution is -2.45. The van der Waals surface area contributed by atoms with Crippen LogP contribution in [0, 0.1) is 6.92 Å². The van der Waals surface area contributed by atoms with Crippen LogP contribution in [-0.4, -0.2) is 65.9 Å². The average molecular weight is 553 g/mol. The first-order chi connectivity index (χ1) is 19.9. The number of nitrogens with one attached hydrogen (secondary N) is 2. The number of carbonyl (C=O) groups is 1. The molecule has 41 heavy (non-hydrogen) atoms. The molecule has 0 radical (unpaired) electrons. The zero-order valence-electron chi connectivity index (χ0n) is 23.8. The molecule has 2 N–H and O–H groups in total. The smallest absolute Gasteiger partial charge is 0.251 e. The Bertz CT molecular complexity index is 1540. The van der Waals surface area contributed by atoms with Gasteiger partial charge < -0.3 is 25.0 Å². The molecule has 9 nitrogen and oxygen atoms in total. The van der Waals surface area contributed by atoms with Crippen molar-refractivity contribution < 1.29 is 14.3 Å². The van der Waals surface area contributed by atoms with E-state index >= 15 is 0 Å². The highest BCUT2D eigenvalue weighted by Crippen LogP contribution is 2.25. The van der Waals surface area contributed by atoms with Crippen molar-refractivity contribution in [1.82, 2.24) is 25.6 Å². The number of aryl methyl sites for hydroxylation is 1. The van der Waals surface area contributed by atoms with Crippen molar-refractivity contribution >= 4 is 22.6 Å². The molecule has 1 amide bonds. The van der Waals surface area contributed by atoms with Gasteiger partial charge in [0.15, 0.2) is 0 Å². The third-order valence-corrected chi connectivity index (χ3v) is 7.62. The lowest BCUT2D eigenvalue weighted by Gasteiger charge is -2.36. The highest BCUT2D eigenvalue weighted by atomic mass is 16.5. The molecule has 2 saturated heterocycles. The molecule has 2 aliphatic heterocycles. The lowest BCUT2D eigenvalue weighted by atomic mass is 9.99. The number of hydrogen-bond donors (Lipinski definition) is 2. The number of aromatic nitrogens is 3. The molecule has 1 aromatic carbocycles. The molecule has 0 bridgehead atoms. The SMILES string of the molecule is Cc1ccc(C(=O)NCc2cc3nc(-c4cccc(N5C[C@@H](C)O[C@@H](C)C5)n4)ccc3cn2)cc1[C@H]1CNCCO1. The minimum Gasteiger partial charge on any atom is -0.372 e. The largest absolute Gasteiger partial charge is 0.372 e. The van der Waals surface area contributed by atoms with Crippen LogP contribution in [0.3, 0.4) is 0 Å². The minimum absolute atomic E-state index is 0.0462. The van der Waals surface area contributed by atoms with Gasteiger partial charge in [0.25, 0.3) is 5.91 Å². The van der Waals surface area contributed by atoms with E-state index in [0.717, 1.165) is 71.1 Å². The molecule has 2 fully saturated rings. The summed E-state index contributed by atoms with van der Waals surface area (Å²) in [7, 11) is 0. The molecule has 2 aliphatic rings. The second kappa shape index (κ2) is 11.9. The van der Waals surface area contributed by atoms with E-state index in [1.54, 1.807) is 6.20 Å². The van der Waals surface area contributed by atoms with Gasteiger partial charge in [0.1, 0.15) is 5.82 Å². The predicted molar refractivity (Wildman–Crippen MR) is 159 cm³/mol. The Morgan fingerprint density at radius 1 is 1.05 bits per heavy atom. The van der Waals surface area contributed by atoms with Gasteiger partial charge >= 0.3 is 0 Å². The number of benzene rings is 1. The Balaban J connectivity index is 1.17. The summed E-state index contributed by atoms with van der Waals surface area (Å²) >= 11 is 0. The van der Waals surface area contributed by atoms with Gasteiger partial charge in [-0.1, -0.05) is 12.1 Å². The first kappa shape index (κ1) is 27.3. The van der Waals surface area contributed by atoms with Gasteiger partial charge in [0.2, 0.25) is 0 Å². The van der Waals surface area contributed by atoms with Crippen molar-refractivity contribution in [3.63, 3.8) is 0 Å². The van der Waals surface area contributed by atoms with Gasteiger partial charge in [0.05, 0.1) is 54.1 Å². The predicted octanol–water partition coefficient (Wildman–Crippen LogP) is 4.20. The molecule has 0 unspecified atom stereocenters. The van der Waals surface area contributed by atoms with Gasteiger partial charge in [-0.05, 0) is 74.4 Å². The highest BCUT2D eigenvalue weighted by Gasteiger charge is 2.23. The van der Waals surface area contributed by atoms with Crippen LogP contribution in [-0.2, 0) is 16.0 Å². The fourth-order valence-electron chi connectivity index (χ4n) is 5.57. The summed E-state index contributed by atoms with van der Waals surface area (Å²) in [5.41, 5.74) is 5.92. The summed E-state index contributed by atoms with van der Waals surface area (Å²) in [5, 5.41) is 7.30. The van der Waals surface area contributed by atoms with E-state index in [9.17, 15) is 4.79 Å². The van der Waals surface area contributed by atoms with Crippen LogP contribution < -0.4 is 15.5 Å². The van der Waals surface area contributed by atoms with Crippen molar-refractivity contribution in [2.24, 2.45) is 0 Å². The van der Waals surface area contributed by atoms with Crippen molar-refractivity contribution in [1.29, 1.82) is 0 Å². The summed E-state index contributed by atoms with van der Waals surface area (Å²) in [6, 6.07) is 17.7. The summed E-state index contributed by atoms with van der Waals surface area (Å²) in [5.74, 6) is 0.779. The van der Waals surface area contributed by atoms with E-state index in [2.05, 4.69) is 34.4 Å². The number of pyridine rings is 3. The molecular weight excluding hydrogens is 516 g/mol. The normalized spacial score (nSPS) is 21.1. The van der Waals surface area contributed by atoms with Gasteiger partial charge in [-0.2, -0.15) is 0 Å². The van der Waals surface area contributed by atoms with Crippen molar-refractivity contribution in [3.8, 4) is 11.4 Å². The molecule has 3 aromatic heterocycles. The molecule has 9 heteroatoms. The van der Waals surface area contributed by atoms with Crippen LogP contribution in [0.1, 0.15) is 47.1 Å². The number of anilines is 1.